The van der Waals surface area contributed by atoms with Crippen molar-refractivity contribution in [2.24, 2.45) is 0 Å². The topological polar surface area (TPSA) is 23.5 Å². The van der Waals surface area contributed by atoms with Crippen molar-refractivity contribution in [1.29, 1.82) is 0 Å². The van der Waals surface area contributed by atoms with Crippen molar-refractivity contribution in [3.05, 3.63) is 107 Å². The summed E-state index contributed by atoms with van der Waals surface area (Å²) in [7, 11) is 0. The smallest absolute Gasteiger partial charge is 0.127 e. The number of aliphatic hydroxyl groups excluding tert-OH is 1. The number of aliphatic hydroxyl groups is 1. The maximum atomic E-state index is 14.1. The van der Waals surface area contributed by atoms with Crippen molar-refractivity contribution in [2.75, 3.05) is 6.54 Å². The lowest BCUT2D eigenvalue weighted by Crippen LogP contribution is -2.33. The van der Waals surface area contributed by atoms with Crippen LogP contribution in [0.3, 0.4) is 0 Å². The summed E-state index contributed by atoms with van der Waals surface area (Å²) in [6.07, 6.45) is -0.0579. The maximum Gasteiger partial charge on any atom is 0.127 e. The van der Waals surface area contributed by atoms with E-state index in [-0.39, 0.29) is 11.6 Å². The summed E-state index contributed by atoms with van der Waals surface area (Å²) < 4.78 is 27.3. The zero-order chi connectivity index (χ0) is 19.1. The van der Waals surface area contributed by atoms with Crippen LogP contribution in [0.15, 0.2) is 78.9 Å². The van der Waals surface area contributed by atoms with E-state index in [1.807, 2.05) is 35.2 Å². The van der Waals surface area contributed by atoms with E-state index >= 15 is 0 Å². The van der Waals surface area contributed by atoms with E-state index < -0.39 is 6.10 Å². The highest BCUT2D eigenvalue weighted by atomic mass is 19.1. The Hall–Kier alpha value is -2.56. The van der Waals surface area contributed by atoms with Crippen LogP contribution in [0, 0.1) is 11.6 Å². The van der Waals surface area contributed by atoms with Gasteiger partial charge >= 0.3 is 0 Å². The molecule has 27 heavy (non-hydrogen) atoms. The van der Waals surface area contributed by atoms with E-state index in [2.05, 4.69) is 0 Å². The molecule has 4 heteroatoms. The fraction of sp³-hybridized carbons (Fsp3) is 0.217. The standard InChI is InChI=1S/C23H23F2NO/c24-21-12-10-19(11-13-21)15-26(16-20-8-4-5-9-23(20)25)17-22(27)14-18-6-2-1-3-7-18/h1-13,22,27H,14-17H2/t22-/m0/s1. The Balaban J connectivity index is 1.72. The average Bonchev–Trinajstić information content (AvgIpc) is 2.66. The highest BCUT2D eigenvalue weighted by Gasteiger charge is 2.15. The maximum absolute atomic E-state index is 14.1. The SMILES string of the molecule is O[C@@H](Cc1ccccc1)CN(Cc1ccc(F)cc1)Cc1ccccc1F. The van der Waals surface area contributed by atoms with E-state index in [1.165, 1.54) is 18.2 Å². The molecule has 0 aliphatic rings. The molecule has 0 saturated heterocycles. The zero-order valence-corrected chi connectivity index (χ0v) is 15.1. The predicted octanol–water partition coefficient (Wildman–Crippen LogP) is 4.57. The second kappa shape index (κ2) is 9.40. The minimum atomic E-state index is -0.584. The highest BCUT2D eigenvalue weighted by molar-refractivity contribution is 5.19. The van der Waals surface area contributed by atoms with Gasteiger partial charge in [-0.15, -0.1) is 0 Å². The molecule has 0 saturated carbocycles. The summed E-state index contributed by atoms with van der Waals surface area (Å²) in [5.74, 6) is -0.553. The largest absolute Gasteiger partial charge is 0.391 e. The lowest BCUT2D eigenvalue weighted by molar-refractivity contribution is 0.104. The van der Waals surface area contributed by atoms with Gasteiger partial charge in [-0.25, -0.2) is 8.78 Å². The molecule has 0 spiro atoms. The second-order valence-electron chi connectivity index (χ2n) is 6.73. The summed E-state index contributed by atoms with van der Waals surface area (Å²) in [6, 6.07) is 22.7. The molecule has 1 atom stereocenters. The predicted molar refractivity (Wildman–Crippen MR) is 103 cm³/mol. The summed E-state index contributed by atoms with van der Waals surface area (Å²) >= 11 is 0. The van der Waals surface area contributed by atoms with Crippen LogP contribution >= 0.6 is 0 Å². The number of rotatable bonds is 8. The first-order chi connectivity index (χ1) is 13.1. The van der Waals surface area contributed by atoms with Gasteiger partial charge in [-0.05, 0) is 35.7 Å². The van der Waals surface area contributed by atoms with Crippen molar-refractivity contribution in [3.63, 3.8) is 0 Å². The first kappa shape index (κ1) is 19.2. The van der Waals surface area contributed by atoms with Crippen LogP contribution in [0.2, 0.25) is 0 Å². The molecule has 3 rings (SSSR count). The van der Waals surface area contributed by atoms with Crippen LogP contribution in [-0.2, 0) is 19.5 Å². The third kappa shape index (κ3) is 5.98. The quantitative estimate of drug-likeness (QED) is 0.630. The lowest BCUT2D eigenvalue weighted by atomic mass is 10.1. The molecule has 2 nitrogen and oxygen atoms in total. The Labute approximate surface area is 158 Å². The van der Waals surface area contributed by atoms with Crippen LogP contribution in [0.25, 0.3) is 0 Å². The van der Waals surface area contributed by atoms with Gasteiger partial charge in [0.05, 0.1) is 6.10 Å². The van der Waals surface area contributed by atoms with Gasteiger partial charge in [-0.2, -0.15) is 0 Å². The molecule has 140 valence electrons. The number of hydrogen-bond acceptors (Lipinski definition) is 2. The average molecular weight is 367 g/mol. The second-order valence-corrected chi connectivity index (χ2v) is 6.73. The van der Waals surface area contributed by atoms with E-state index in [4.69, 9.17) is 0 Å². The van der Waals surface area contributed by atoms with Crippen LogP contribution in [0.1, 0.15) is 16.7 Å². The van der Waals surface area contributed by atoms with E-state index in [0.29, 0.717) is 31.6 Å². The molecule has 0 fully saturated rings. The zero-order valence-electron chi connectivity index (χ0n) is 15.1. The summed E-state index contributed by atoms with van der Waals surface area (Å²) in [6.45, 7) is 1.26. The normalized spacial score (nSPS) is 12.3. The van der Waals surface area contributed by atoms with Crippen LogP contribution in [0.4, 0.5) is 8.78 Å². The highest BCUT2D eigenvalue weighted by Crippen LogP contribution is 2.15. The first-order valence-corrected chi connectivity index (χ1v) is 9.02. The molecule has 0 aromatic heterocycles. The minimum Gasteiger partial charge on any atom is -0.391 e. The number of nitrogens with zero attached hydrogens (tertiary/aromatic N) is 1. The Kier molecular flexibility index (Phi) is 6.69. The monoisotopic (exact) mass is 367 g/mol. The third-order valence-corrected chi connectivity index (χ3v) is 4.45. The molecule has 3 aromatic carbocycles. The fourth-order valence-electron chi connectivity index (χ4n) is 3.15. The van der Waals surface area contributed by atoms with Crippen LogP contribution in [-0.4, -0.2) is 22.7 Å². The summed E-state index contributed by atoms with van der Waals surface area (Å²) in [4.78, 5) is 1.99. The number of benzene rings is 3. The molecule has 0 aliphatic heterocycles. The molecule has 0 heterocycles. The summed E-state index contributed by atoms with van der Waals surface area (Å²) in [5.41, 5.74) is 2.55. The molecular formula is C23H23F2NO. The van der Waals surface area contributed by atoms with E-state index in [9.17, 15) is 13.9 Å². The lowest BCUT2D eigenvalue weighted by Gasteiger charge is -2.25. The van der Waals surface area contributed by atoms with Crippen molar-refractivity contribution >= 4 is 0 Å². The van der Waals surface area contributed by atoms with Gasteiger partial charge in [0, 0.05) is 25.2 Å². The molecule has 0 unspecified atom stereocenters. The molecule has 0 radical (unpaired) electrons. The van der Waals surface area contributed by atoms with Crippen LogP contribution in [0.5, 0.6) is 0 Å². The van der Waals surface area contributed by atoms with Gasteiger partial charge in [0.2, 0.25) is 0 Å². The summed E-state index contributed by atoms with van der Waals surface area (Å²) in [5, 5.41) is 10.5. The molecule has 0 aliphatic carbocycles. The van der Waals surface area contributed by atoms with Crippen molar-refractivity contribution in [2.45, 2.75) is 25.6 Å². The molecule has 0 amide bonds. The Morgan fingerprint density at radius 3 is 2.11 bits per heavy atom. The Morgan fingerprint density at radius 1 is 0.741 bits per heavy atom. The van der Waals surface area contributed by atoms with E-state index in [1.54, 1.807) is 30.3 Å². The van der Waals surface area contributed by atoms with Crippen molar-refractivity contribution in [3.8, 4) is 0 Å². The minimum absolute atomic E-state index is 0.265. The molecular weight excluding hydrogens is 344 g/mol. The fourth-order valence-corrected chi connectivity index (χ4v) is 3.15. The third-order valence-electron chi connectivity index (χ3n) is 4.45. The van der Waals surface area contributed by atoms with Gasteiger partial charge in [-0.3, -0.25) is 4.90 Å². The van der Waals surface area contributed by atoms with Gasteiger partial charge in [0.15, 0.2) is 0 Å². The first-order valence-electron chi connectivity index (χ1n) is 9.02. The van der Waals surface area contributed by atoms with Gasteiger partial charge < -0.3 is 5.11 Å². The molecule has 3 aromatic rings. The molecule has 1 N–H and O–H groups in total. The van der Waals surface area contributed by atoms with E-state index in [0.717, 1.165) is 11.1 Å². The Bertz CT molecular complexity index is 837. The van der Waals surface area contributed by atoms with Gasteiger partial charge in [0.1, 0.15) is 11.6 Å². The number of hydrogen-bond donors (Lipinski definition) is 1. The van der Waals surface area contributed by atoms with Crippen molar-refractivity contribution < 1.29 is 13.9 Å². The van der Waals surface area contributed by atoms with Gasteiger partial charge in [0.25, 0.3) is 0 Å². The Morgan fingerprint density at radius 2 is 1.41 bits per heavy atom. The number of halogens is 2. The van der Waals surface area contributed by atoms with Crippen LogP contribution < -0.4 is 0 Å². The molecule has 0 bridgehead atoms. The van der Waals surface area contributed by atoms with Crippen molar-refractivity contribution in [1.82, 2.24) is 4.90 Å². The van der Waals surface area contributed by atoms with Gasteiger partial charge in [-0.1, -0.05) is 60.7 Å².